The number of benzene rings is 1. The van der Waals surface area contributed by atoms with E-state index in [-0.39, 0.29) is 23.3 Å². The van der Waals surface area contributed by atoms with Gasteiger partial charge in [0.2, 0.25) is 0 Å². The van der Waals surface area contributed by atoms with Gasteiger partial charge in [0.25, 0.3) is 0 Å². The van der Waals surface area contributed by atoms with Crippen molar-refractivity contribution in [3.8, 4) is 5.69 Å². The van der Waals surface area contributed by atoms with Crippen LogP contribution in [0, 0.1) is 17.2 Å². The minimum absolute atomic E-state index is 0.0475. The number of fused-ring (bicyclic) bond motifs is 2. The number of hydrogen-bond donors (Lipinski definition) is 1. The first-order chi connectivity index (χ1) is 16.9. The summed E-state index contributed by atoms with van der Waals surface area (Å²) in [6, 6.07) is 6.58. The predicted octanol–water partition coefficient (Wildman–Crippen LogP) is 6.31. The maximum absolute atomic E-state index is 13.4. The number of amides is 2. The number of nitrogens with zero attached hydrogens (tertiary/aromatic N) is 3. The van der Waals surface area contributed by atoms with E-state index in [1.54, 1.807) is 29.2 Å². The molecule has 0 spiro atoms. The van der Waals surface area contributed by atoms with Crippen LogP contribution < -0.4 is 5.32 Å². The van der Waals surface area contributed by atoms with Gasteiger partial charge in [-0.05, 0) is 79.3 Å². The number of carbonyl (C=O) groups excluding carboxylic acids is 1. The summed E-state index contributed by atoms with van der Waals surface area (Å²) < 4.78 is 15.3. The molecule has 1 heterocycles. The van der Waals surface area contributed by atoms with Gasteiger partial charge in [0, 0.05) is 19.1 Å². The molecule has 1 unspecified atom stereocenters. The number of halogens is 1. The Hall–Kier alpha value is -3.15. The molecule has 5 nitrogen and oxygen atoms in total. The second kappa shape index (κ2) is 10.6. The van der Waals surface area contributed by atoms with Crippen molar-refractivity contribution in [2.45, 2.75) is 58.4 Å². The first kappa shape index (κ1) is 25.0. The molecular weight excluding hydrogens is 439 g/mol. The van der Waals surface area contributed by atoms with Gasteiger partial charge in [0.05, 0.1) is 17.6 Å². The summed E-state index contributed by atoms with van der Waals surface area (Å²) in [5, 5.41) is 7.94. The lowest BCUT2D eigenvalue weighted by molar-refractivity contribution is 0.190. The molecule has 2 aromatic rings. The zero-order chi connectivity index (χ0) is 25.0. The van der Waals surface area contributed by atoms with E-state index in [2.05, 4.69) is 43.5 Å². The third kappa shape index (κ3) is 5.12. The molecule has 2 aliphatic carbocycles. The second-order valence-corrected chi connectivity index (χ2v) is 10.1. The topological polar surface area (TPSA) is 50.2 Å². The highest BCUT2D eigenvalue weighted by molar-refractivity contribution is 5.75. The van der Waals surface area contributed by atoms with Crippen LogP contribution in [0.15, 0.2) is 61.3 Å². The van der Waals surface area contributed by atoms with Crippen molar-refractivity contribution in [3.05, 3.63) is 78.4 Å². The third-order valence-corrected chi connectivity index (χ3v) is 7.74. The van der Waals surface area contributed by atoms with Crippen molar-refractivity contribution in [1.29, 1.82) is 0 Å². The SMILES string of the molecule is C=CCN(CC=C)C(=O)NC(CCC)C[C@H]1CCC2=Cc3c(cnn3-c3ccc(F)cc3)C[C@@]21C. The van der Waals surface area contributed by atoms with Gasteiger partial charge < -0.3 is 10.2 Å². The normalized spacial score (nSPS) is 21.5. The lowest BCUT2D eigenvalue weighted by atomic mass is 9.68. The molecule has 35 heavy (non-hydrogen) atoms. The molecule has 2 aliphatic rings. The fourth-order valence-electron chi connectivity index (χ4n) is 5.86. The standard InChI is InChI=1S/C29H37FN4O/c1-5-8-25(32-28(35)33(15-6-2)16-7-3)17-22-9-10-23-18-27-21(19-29(22,23)4)20-31-34(27)26-13-11-24(30)12-14-26/h6-7,11-14,18,20,22,25H,2-3,5,8-10,15-17,19H2,1,4H3,(H,32,35)/t22-,25?,29-/m1/s1. The highest BCUT2D eigenvalue weighted by atomic mass is 19.1. The maximum atomic E-state index is 13.4. The Kier molecular flexibility index (Phi) is 7.58. The molecule has 1 aromatic carbocycles. The van der Waals surface area contributed by atoms with Crippen LogP contribution in [0.25, 0.3) is 11.8 Å². The van der Waals surface area contributed by atoms with Crippen LogP contribution in [0.5, 0.6) is 0 Å². The molecule has 1 fully saturated rings. The van der Waals surface area contributed by atoms with Crippen molar-refractivity contribution in [1.82, 2.24) is 20.0 Å². The van der Waals surface area contributed by atoms with Crippen molar-refractivity contribution in [2.24, 2.45) is 11.3 Å². The fourth-order valence-corrected chi connectivity index (χ4v) is 5.86. The number of hydrogen-bond acceptors (Lipinski definition) is 2. The molecule has 3 atom stereocenters. The summed E-state index contributed by atoms with van der Waals surface area (Å²) in [4.78, 5) is 14.7. The predicted molar refractivity (Wildman–Crippen MR) is 140 cm³/mol. The van der Waals surface area contributed by atoms with Gasteiger partial charge in [-0.2, -0.15) is 5.10 Å². The van der Waals surface area contributed by atoms with Gasteiger partial charge >= 0.3 is 6.03 Å². The molecule has 1 N–H and O–H groups in total. The zero-order valence-corrected chi connectivity index (χ0v) is 21.0. The molecule has 6 heteroatoms. The van der Waals surface area contributed by atoms with Gasteiger partial charge in [0.1, 0.15) is 5.82 Å². The van der Waals surface area contributed by atoms with Crippen molar-refractivity contribution in [3.63, 3.8) is 0 Å². The number of rotatable bonds is 10. The van der Waals surface area contributed by atoms with Crippen LogP contribution >= 0.6 is 0 Å². The lowest BCUT2D eigenvalue weighted by Crippen LogP contribution is -2.46. The van der Waals surface area contributed by atoms with Gasteiger partial charge in [-0.3, -0.25) is 0 Å². The van der Waals surface area contributed by atoms with Crippen LogP contribution in [0.2, 0.25) is 0 Å². The van der Waals surface area contributed by atoms with E-state index in [1.807, 2.05) is 10.9 Å². The number of aromatic nitrogens is 2. The highest BCUT2D eigenvalue weighted by Crippen LogP contribution is 2.54. The van der Waals surface area contributed by atoms with E-state index in [0.29, 0.717) is 19.0 Å². The zero-order valence-electron chi connectivity index (χ0n) is 21.0. The molecule has 2 amide bonds. The highest BCUT2D eigenvalue weighted by Gasteiger charge is 2.46. The maximum Gasteiger partial charge on any atom is 0.318 e. The van der Waals surface area contributed by atoms with Crippen LogP contribution in [0.3, 0.4) is 0 Å². The molecular formula is C29H37FN4O. The van der Waals surface area contributed by atoms with Crippen LogP contribution in [0.1, 0.15) is 57.2 Å². The molecule has 186 valence electrons. The molecule has 1 aromatic heterocycles. The molecule has 1 saturated carbocycles. The summed E-state index contributed by atoms with van der Waals surface area (Å²) in [6.45, 7) is 13.1. The van der Waals surface area contributed by atoms with E-state index < -0.39 is 0 Å². The summed E-state index contributed by atoms with van der Waals surface area (Å²) >= 11 is 0. The van der Waals surface area contributed by atoms with Gasteiger partial charge in [-0.15, -0.1) is 13.2 Å². The summed E-state index contributed by atoms with van der Waals surface area (Å²) in [5.74, 6) is 0.241. The number of urea groups is 1. The summed E-state index contributed by atoms with van der Waals surface area (Å²) in [5.41, 5.74) is 4.72. The average Bonchev–Trinajstić information content (AvgIpc) is 3.37. The van der Waals surface area contributed by atoms with Gasteiger partial charge in [-0.1, -0.05) is 38.0 Å². The van der Waals surface area contributed by atoms with Crippen molar-refractivity contribution in [2.75, 3.05) is 13.1 Å². The second-order valence-electron chi connectivity index (χ2n) is 10.1. The van der Waals surface area contributed by atoms with E-state index >= 15 is 0 Å². The lowest BCUT2D eigenvalue weighted by Gasteiger charge is -2.38. The Morgan fingerprint density at radius 3 is 2.69 bits per heavy atom. The van der Waals surface area contributed by atoms with Crippen LogP contribution in [-0.2, 0) is 6.42 Å². The van der Waals surface area contributed by atoms with E-state index in [1.165, 1.54) is 23.3 Å². The minimum Gasteiger partial charge on any atom is -0.335 e. The average molecular weight is 477 g/mol. The Labute approximate surface area is 208 Å². The summed E-state index contributed by atoms with van der Waals surface area (Å²) in [6.07, 6.45) is 13.8. The largest absolute Gasteiger partial charge is 0.335 e. The molecule has 0 radical (unpaired) electrons. The molecule has 4 rings (SSSR count). The van der Waals surface area contributed by atoms with Gasteiger partial charge in [-0.25, -0.2) is 13.9 Å². The van der Waals surface area contributed by atoms with Crippen LogP contribution in [0.4, 0.5) is 9.18 Å². The number of nitrogens with one attached hydrogen (secondary N) is 1. The quantitative estimate of drug-likeness (QED) is 0.409. The number of carbonyl (C=O) groups is 1. The monoisotopic (exact) mass is 476 g/mol. The molecule has 0 bridgehead atoms. The van der Waals surface area contributed by atoms with Crippen LogP contribution in [-0.4, -0.2) is 39.8 Å². The first-order valence-corrected chi connectivity index (χ1v) is 12.7. The van der Waals surface area contributed by atoms with Gasteiger partial charge in [0.15, 0.2) is 0 Å². The Bertz CT molecular complexity index is 1090. The number of allylic oxidation sites excluding steroid dienone is 1. The summed E-state index contributed by atoms with van der Waals surface area (Å²) in [7, 11) is 0. The fraction of sp³-hybridized carbons (Fsp3) is 0.448. The Morgan fingerprint density at radius 2 is 2.03 bits per heavy atom. The molecule has 0 aliphatic heterocycles. The minimum atomic E-state index is -0.245. The molecule has 0 saturated heterocycles. The van der Waals surface area contributed by atoms with Crippen molar-refractivity contribution < 1.29 is 9.18 Å². The first-order valence-electron chi connectivity index (χ1n) is 12.7. The van der Waals surface area contributed by atoms with E-state index in [4.69, 9.17) is 0 Å². The Morgan fingerprint density at radius 1 is 1.31 bits per heavy atom. The Balaban J connectivity index is 1.51. The third-order valence-electron chi connectivity index (χ3n) is 7.74. The van der Waals surface area contributed by atoms with E-state index in [9.17, 15) is 9.18 Å². The smallest absolute Gasteiger partial charge is 0.318 e. The van der Waals surface area contributed by atoms with Crippen molar-refractivity contribution >= 4 is 12.1 Å². The van der Waals surface area contributed by atoms with E-state index in [0.717, 1.165) is 49.9 Å².